The summed E-state index contributed by atoms with van der Waals surface area (Å²) in [7, 11) is 7.98. The third-order valence-corrected chi connectivity index (χ3v) is 17.4. The lowest BCUT2D eigenvalue weighted by Crippen LogP contribution is -2.31. The molecule has 0 radical (unpaired) electrons. The number of carboxylic acid groups (broad SMARTS) is 2. The lowest BCUT2D eigenvalue weighted by atomic mass is 9.74. The van der Waals surface area contributed by atoms with Crippen molar-refractivity contribution >= 4 is 60.8 Å². The average Bonchev–Trinajstić information content (AvgIpc) is 3.24. The Morgan fingerprint density at radius 3 is 1.12 bits per heavy atom. The Hall–Kier alpha value is -0.710. The molecule has 2 unspecified atom stereocenters. The van der Waals surface area contributed by atoms with E-state index in [0.717, 1.165) is 140 Å². The molecule has 2 N–H and O–H groups in total. The molecule has 1 rings (SSSR count). The van der Waals surface area contributed by atoms with Crippen LogP contribution in [0.1, 0.15) is 220 Å². The first-order valence-corrected chi connectivity index (χ1v) is 29.4. The van der Waals surface area contributed by atoms with Crippen LogP contribution in [0.3, 0.4) is 0 Å². The Balaban J connectivity index is 2.21. The standard InChI is InChI=1S/C49H90N2O4S4/c1-5-9-13-19-33-48(46(52)53,31-11-7-3)35-21-27-43-58-56-41-25-17-15-23-39-51(45-29-37-50-38-30-45)40-24-16-18-26-42-57-59-44-28-22-36-49(47(54)55,32-12-8-4)34-20-14-10-6-2/h29-30,37-38H,5-28,31-36,39-44H2,1-4H3,(H,52,53)(H,54,55). The fourth-order valence-corrected chi connectivity index (χ4v) is 12.8. The number of hydrogen-bond donors (Lipinski definition) is 2. The molecule has 0 saturated heterocycles. The Labute approximate surface area is 380 Å². The van der Waals surface area contributed by atoms with Gasteiger partial charge in [0.05, 0.1) is 10.8 Å². The van der Waals surface area contributed by atoms with Crippen LogP contribution in [-0.4, -0.2) is 63.2 Å². The Bertz CT molecular complexity index is 1050. The number of nitrogens with zero attached hydrogens (tertiary/aromatic N) is 2. The maximum Gasteiger partial charge on any atom is 0.309 e. The highest BCUT2D eigenvalue weighted by Crippen LogP contribution is 2.39. The molecule has 1 aromatic heterocycles. The summed E-state index contributed by atoms with van der Waals surface area (Å²) in [6.07, 6.45) is 36.7. The molecule has 0 amide bonds. The highest BCUT2D eigenvalue weighted by atomic mass is 33.1. The SMILES string of the molecule is CCCCCCC(CCCC)(CCCCSSCCCCCCN(CCCCCCSSCCCCC(CCCC)(CCCCCC)C(=O)O)c1ccncc1)C(=O)O. The van der Waals surface area contributed by atoms with E-state index < -0.39 is 22.8 Å². The van der Waals surface area contributed by atoms with Gasteiger partial charge in [-0.1, -0.05) is 186 Å². The van der Waals surface area contributed by atoms with Gasteiger partial charge in [-0.3, -0.25) is 14.6 Å². The van der Waals surface area contributed by atoms with Gasteiger partial charge in [0.15, 0.2) is 0 Å². The van der Waals surface area contributed by atoms with Gasteiger partial charge in [-0.15, -0.1) is 0 Å². The predicted molar refractivity (Wildman–Crippen MR) is 268 cm³/mol. The third-order valence-electron chi connectivity index (χ3n) is 12.2. The molecule has 344 valence electrons. The molecule has 1 aromatic rings. The lowest BCUT2D eigenvalue weighted by molar-refractivity contribution is -0.151. The second-order valence-electron chi connectivity index (χ2n) is 17.2. The molecule has 0 aliphatic heterocycles. The van der Waals surface area contributed by atoms with Crippen LogP contribution in [0.2, 0.25) is 0 Å². The first-order chi connectivity index (χ1) is 28.8. The molecular weight excluding hydrogens is 809 g/mol. The molecule has 2 atom stereocenters. The number of aromatic nitrogens is 1. The van der Waals surface area contributed by atoms with E-state index >= 15 is 0 Å². The van der Waals surface area contributed by atoms with Crippen molar-refractivity contribution in [2.75, 3.05) is 41.0 Å². The second-order valence-corrected chi connectivity index (χ2v) is 22.6. The van der Waals surface area contributed by atoms with Gasteiger partial charge in [0.2, 0.25) is 0 Å². The van der Waals surface area contributed by atoms with Gasteiger partial charge in [-0.05, 0) is 89.2 Å². The third kappa shape index (κ3) is 27.9. The van der Waals surface area contributed by atoms with Crippen LogP contribution in [0.15, 0.2) is 24.5 Å². The van der Waals surface area contributed by atoms with E-state index in [0.29, 0.717) is 0 Å². The van der Waals surface area contributed by atoms with Gasteiger partial charge in [0.1, 0.15) is 0 Å². The quantitative estimate of drug-likeness (QED) is 0.0487. The topological polar surface area (TPSA) is 90.7 Å². The monoisotopic (exact) mass is 899 g/mol. The summed E-state index contributed by atoms with van der Waals surface area (Å²) in [6.45, 7) is 11.0. The maximum atomic E-state index is 12.4. The van der Waals surface area contributed by atoms with Crippen molar-refractivity contribution in [3.05, 3.63) is 24.5 Å². The molecule has 6 nitrogen and oxygen atoms in total. The second kappa shape index (κ2) is 38.9. The largest absolute Gasteiger partial charge is 0.481 e. The van der Waals surface area contributed by atoms with Crippen molar-refractivity contribution in [1.82, 2.24) is 4.98 Å². The van der Waals surface area contributed by atoms with E-state index in [1.54, 1.807) is 0 Å². The molecule has 0 aromatic carbocycles. The number of pyridine rings is 1. The summed E-state index contributed by atoms with van der Waals surface area (Å²) >= 11 is 0. The van der Waals surface area contributed by atoms with Crippen molar-refractivity contribution in [3.63, 3.8) is 0 Å². The molecule has 59 heavy (non-hydrogen) atoms. The Kier molecular flexibility index (Phi) is 37.1. The van der Waals surface area contributed by atoms with E-state index in [4.69, 9.17) is 0 Å². The zero-order chi connectivity index (χ0) is 43.1. The van der Waals surface area contributed by atoms with Gasteiger partial charge in [0, 0.05) is 54.2 Å². The van der Waals surface area contributed by atoms with Crippen LogP contribution in [0, 0.1) is 10.8 Å². The fraction of sp³-hybridized carbons (Fsp3) is 0.857. The summed E-state index contributed by atoms with van der Waals surface area (Å²) in [6, 6.07) is 4.31. The van der Waals surface area contributed by atoms with E-state index in [-0.39, 0.29) is 0 Å². The highest BCUT2D eigenvalue weighted by Gasteiger charge is 2.37. The van der Waals surface area contributed by atoms with E-state index in [1.165, 1.54) is 94.2 Å². The molecule has 1 heterocycles. The number of hydrogen-bond acceptors (Lipinski definition) is 8. The van der Waals surface area contributed by atoms with E-state index in [1.807, 2.05) is 55.6 Å². The number of carbonyl (C=O) groups is 2. The van der Waals surface area contributed by atoms with Crippen LogP contribution < -0.4 is 4.90 Å². The van der Waals surface area contributed by atoms with Crippen molar-refractivity contribution in [2.45, 2.75) is 220 Å². The molecule has 0 fully saturated rings. The van der Waals surface area contributed by atoms with Crippen LogP contribution in [-0.2, 0) is 9.59 Å². The number of unbranched alkanes of at least 4 members (excludes halogenated alkanes) is 16. The zero-order valence-corrected chi connectivity index (χ0v) is 41.8. The maximum absolute atomic E-state index is 12.4. The Morgan fingerprint density at radius 1 is 0.458 bits per heavy atom. The molecule has 0 bridgehead atoms. The van der Waals surface area contributed by atoms with Gasteiger partial charge in [-0.25, -0.2) is 0 Å². The first-order valence-electron chi connectivity index (χ1n) is 24.4. The van der Waals surface area contributed by atoms with Gasteiger partial charge in [-0.2, -0.15) is 0 Å². The van der Waals surface area contributed by atoms with Crippen LogP contribution in [0.5, 0.6) is 0 Å². The number of anilines is 1. The molecule has 10 heteroatoms. The predicted octanol–water partition coefficient (Wildman–Crippen LogP) is 16.6. The molecule has 0 saturated carbocycles. The molecule has 0 aliphatic rings. The summed E-state index contributed by atoms with van der Waals surface area (Å²) < 4.78 is 0. The number of rotatable bonds is 45. The minimum atomic E-state index is -0.554. The molecular formula is C49H90N2O4S4. The minimum Gasteiger partial charge on any atom is -0.481 e. The van der Waals surface area contributed by atoms with Crippen LogP contribution in [0.4, 0.5) is 5.69 Å². The molecule has 0 aliphatic carbocycles. The van der Waals surface area contributed by atoms with Gasteiger partial charge in [0.25, 0.3) is 0 Å². The fourth-order valence-electron chi connectivity index (χ4n) is 8.25. The first kappa shape index (κ1) is 56.3. The normalized spacial score (nSPS) is 13.6. The summed E-state index contributed by atoms with van der Waals surface area (Å²) in [5, 5.41) is 20.4. The number of aliphatic carboxylic acids is 2. The summed E-state index contributed by atoms with van der Waals surface area (Å²) in [5.74, 6) is 3.55. The average molecular weight is 900 g/mol. The van der Waals surface area contributed by atoms with Crippen LogP contribution in [0.25, 0.3) is 0 Å². The van der Waals surface area contributed by atoms with Gasteiger partial charge < -0.3 is 15.1 Å². The van der Waals surface area contributed by atoms with Crippen molar-refractivity contribution in [1.29, 1.82) is 0 Å². The summed E-state index contributed by atoms with van der Waals surface area (Å²) in [4.78, 5) is 31.6. The zero-order valence-electron chi connectivity index (χ0n) is 38.5. The minimum absolute atomic E-state index is 0.502. The Morgan fingerprint density at radius 2 is 0.763 bits per heavy atom. The van der Waals surface area contributed by atoms with Crippen molar-refractivity contribution < 1.29 is 19.8 Å². The van der Waals surface area contributed by atoms with Crippen molar-refractivity contribution in [3.8, 4) is 0 Å². The van der Waals surface area contributed by atoms with Crippen molar-refractivity contribution in [2.24, 2.45) is 10.8 Å². The van der Waals surface area contributed by atoms with E-state index in [9.17, 15) is 19.8 Å². The summed E-state index contributed by atoms with van der Waals surface area (Å²) in [5.41, 5.74) is 0.292. The van der Waals surface area contributed by atoms with E-state index in [2.05, 4.69) is 49.7 Å². The smallest absolute Gasteiger partial charge is 0.309 e. The van der Waals surface area contributed by atoms with Crippen LogP contribution >= 0.6 is 43.2 Å². The van der Waals surface area contributed by atoms with Gasteiger partial charge >= 0.3 is 11.9 Å². The molecule has 0 spiro atoms. The highest BCUT2D eigenvalue weighted by molar-refractivity contribution is 8.77. The lowest BCUT2D eigenvalue weighted by Gasteiger charge is -2.30. The number of carboxylic acids is 2.